The molecule has 38 heavy (non-hydrogen) atoms. The quantitative estimate of drug-likeness (QED) is 0.447. The Balaban J connectivity index is 1.74. The SMILES string of the molecule is COc1ccc(-n2nc(C(C)(C)C)c3c2N(CC(=O)N2CCCC2)C(=O)CSC3c2cccc(C)c2)cc1. The summed E-state index contributed by atoms with van der Waals surface area (Å²) in [6.45, 7) is 10.1. The van der Waals surface area contributed by atoms with E-state index in [1.54, 1.807) is 23.8 Å². The summed E-state index contributed by atoms with van der Waals surface area (Å²) in [5.41, 5.74) is 4.76. The summed E-state index contributed by atoms with van der Waals surface area (Å²) in [7, 11) is 1.64. The molecule has 200 valence electrons. The highest BCUT2D eigenvalue weighted by Crippen LogP contribution is 2.48. The van der Waals surface area contributed by atoms with E-state index in [2.05, 4.69) is 52.0 Å². The van der Waals surface area contributed by atoms with Gasteiger partial charge < -0.3 is 9.64 Å². The first-order chi connectivity index (χ1) is 18.2. The van der Waals surface area contributed by atoms with E-state index in [1.807, 2.05) is 33.8 Å². The van der Waals surface area contributed by atoms with Crippen molar-refractivity contribution in [3.05, 3.63) is 70.9 Å². The molecule has 2 aliphatic heterocycles. The maximum atomic E-state index is 13.8. The number of ether oxygens (including phenoxy) is 1. The largest absolute Gasteiger partial charge is 0.497 e. The van der Waals surface area contributed by atoms with Crippen molar-refractivity contribution in [2.75, 3.05) is 37.4 Å². The number of hydrogen-bond donors (Lipinski definition) is 0. The van der Waals surface area contributed by atoms with Gasteiger partial charge in [-0.25, -0.2) is 4.68 Å². The fraction of sp³-hybridized carbons (Fsp3) is 0.433. The van der Waals surface area contributed by atoms with Gasteiger partial charge in [0.15, 0.2) is 0 Å². The van der Waals surface area contributed by atoms with Crippen molar-refractivity contribution in [2.45, 2.75) is 51.2 Å². The van der Waals surface area contributed by atoms with Gasteiger partial charge in [-0.3, -0.25) is 14.5 Å². The summed E-state index contributed by atoms with van der Waals surface area (Å²) in [4.78, 5) is 30.7. The van der Waals surface area contributed by atoms with Gasteiger partial charge in [0.2, 0.25) is 11.8 Å². The molecular formula is C30H36N4O3S. The maximum Gasteiger partial charge on any atom is 0.242 e. The zero-order valence-corrected chi connectivity index (χ0v) is 23.7. The highest BCUT2D eigenvalue weighted by Gasteiger charge is 2.40. The third-order valence-electron chi connectivity index (χ3n) is 7.21. The monoisotopic (exact) mass is 532 g/mol. The number of nitrogens with zero attached hydrogens (tertiary/aromatic N) is 4. The lowest BCUT2D eigenvalue weighted by molar-refractivity contribution is -0.130. The molecule has 0 bridgehead atoms. The summed E-state index contributed by atoms with van der Waals surface area (Å²) < 4.78 is 7.24. The number of benzene rings is 2. The molecule has 1 saturated heterocycles. The Hall–Kier alpha value is -3.26. The van der Waals surface area contributed by atoms with Gasteiger partial charge in [-0.2, -0.15) is 5.10 Å². The summed E-state index contributed by atoms with van der Waals surface area (Å²) >= 11 is 1.62. The maximum absolute atomic E-state index is 13.8. The van der Waals surface area contributed by atoms with E-state index >= 15 is 0 Å². The van der Waals surface area contributed by atoms with Crippen molar-refractivity contribution in [3.63, 3.8) is 0 Å². The van der Waals surface area contributed by atoms with Crippen molar-refractivity contribution in [1.82, 2.24) is 14.7 Å². The summed E-state index contributed by atoms with van der Waals surface area (Å²) in [5, 5.41) is 5.07. The Morgan fingerprint density at radius 1 is 1.11 bits per heavy atom. The number of carbonyl (C=O) groups excluding carboxylic acids is 2. The van der Waals surface area contributed by atoms with Gasteiger partial charge in [0, 0.05) is 24.1 Å². The molecule has 0 aliphatic carbocycles. The zero-order chi connectivity index (χ0) is 27.0. The molecule has 0 saturated carbocycles. The summed E-state index contributed by atoms with van der Waals surface area (Å²) in [6.07, 6.45) is 2.02. The topological polar surface area (TPSA) is 67.7 Å². The number of hydrogen-bond acceptors (Lipinski definition) is 5. The Morgan fingerprint density at radius 3 is 2.45 bits per heavy atom. The highest BCUT2D eigenvalue weighted by atomic mass is 32.2. The number of aromatic nitrogens is 2. The van der Waals surface area contributed by atoms with Crippen LogP contribution in [0.25, 0.3) is 5.69 Å². The van der Waals surface area contributed by atoms with Crippen molar-refractivity contribution in [2.24, 2.45) is 0 Å². The van der Waals surface area contributed by atoms with E-state index in [0.717, 1.165) is 54.2 Å². The van der Waals surface area contributed by atoms with Crippen LogP contribution in [0.3, 0.4) is 0 Å². The Morgan fingerprint density at radius 2 is 1.82 bits per heavy atom. The van der Waals surface area contributed by atoms with Crippen LogP contribution in [0.4, 0.5) is 5.82 Å². The van der Waals surface area contributed by atoms with Crippen LogP contribution >= 0.6 is 11.8 Å². The second kappa shape index (κ2) is 10.5. The van der Waals surface area contributed by atoms with Crippen molar-refractivity contribution < 1.29 is 14.3 Å². The first kappa shape index (κ1) is 26.4. The molecule has 7 nitrogen and oxygen atoms in total. The Labute approximate surface area is 229 Å². The van der Waals surface area contributed by atoms with Crippen LogP contribution in [-0.2, 0) is 15.0 Å². The molecule has 1 fully saturated rings. The van der Waals surface area contributed by atoms with Crippen molar-refractivity contribution in [1.29, 1.82) is 0 Å². The second-order valence-electron chi connectivity index (χ2n) is 11.1. The predicted octanol–water partition coefficient (Wildman–Crippen LogP) is 5.28. The van der Waals surface area contributed by atoms with Gasteiger partial charge >= 0.3 is 0 Å². The fourth-order valence-corrected chi connectivity index (χ4v) is 6.46. The van der Waals surface area contributed by atoms with E-state index in [0.29, 0.717) is 5.82 Å². The van der Waals surface area contributed by atoms with Gasteiger partial charge in [0.25, 0.3) is 0 Å². The zero-order valence-electron chi connectivity index (χ0n) is 22.9. The minimum Gasteiger partial charge on any atom is -0.497 e. The van der Waals surface area contributed by atoms with E-state index in [9.17, 15) is 9.59 Å². The molecule has 1 atom stereocenters. The van der Waals surface area contributed by atoms with E-state index in [4.69, 9.17) is 9.84 Å². The predicted molar refractivity (Wildman–Crippen MR) is 152 cm³/mol. The molecule has 0 spiro atoms. The van der Waals surface area contributed by atoms with Crippen molar-refractivity contribution in [3.8, 4) is 11.4 Å². The van der Waals surface area contributed by atoms with E-state index in [-0.39, 0.29) is 34.8 Å². The average Bonchev–Trinajstić information content (AvgIpc) is 3.54. The molecule has 3 aromatic rings. The normalized spacial score (nSPS) is 17.9. The standard InChI is InChI=1S/C30H36N4O3S/c1-20-9-8-10-21(17-20)27-26-28(30(2,3)4)31-34(22-11-13-23(37-5)14-12-22)29(26)33(25(36)19-38-27)18-24(35)32-15-6-7-16-32/h8-14,17,27H,6-7,15-16,18-19H2,1-5H3. The number of fused-ring (bicyclic) bond motifs is 1. The lowest BCUT2D eigenvalue weighted by Crippen LogP contribution is -2.43. The summed E-state index contributed by atoms with van der Waals surface area (Å²) in [6, 6.07) is 16.2. The van der Waals surface area contributed by atoms with Crippen LogP contribution < -0.4 is 9.64 Å². The first-order valence-corrected chi connectivity index (χ1v) is 14.3. The van der Waals surface area contributed by atoms with Crippen LogP contribution in [0.1, 0.15) is 61.2 Å². The summed E-state index contributed by atoms with van der Waals surface area (Å²) in [5.74, 6) is 1.63. The number of aryl methyl sites for hydroxylation is 1. The molecule has 0 N–H and O–H groups in total. The van der Waals surface area contributed by atoms with Crippen LogP contribution in [-0.4, -0.2) is 59.0 Å². The first-order valence-electron chi connectivity index (χ1n) is 13.2. The van der Waals surface area contributed by atoms with Gasteiger partial charge in [-0.1, -0.05) is 50.6 Å². The van der Waals surface area contributed by atoms with Crippen LogP contribution in [0, 0.1) is 6.92 Å². The average molecular weight is 533 g/mol. The van der Waals surface area contributed by atoms with Gasteiger partial charge in [0.1, 0.15) is 18.1 Å². The van der Waals surface area contributed by atoms with Gasteiger partial charge in [-0.05, 0) is 49.6 Å². The van der Waals surface area contributed by atoms with Crippen LogP contribution in [0.5, 0.6) is 5.75 Å². The number of carbonyl (C=O) groups is 2. The van der Waals surface area contributed by atoms with Crippen LogP contribution in [0.2, 0.25) is 0 Å². The van der Waals surface area contributed by atoms with E-state index < -0.39 is 0 Å². The molecule has 2 amide bonds. The molecule has 2 aromatic carbocycles. The molecule has 3 heterocycles. The molecule has 1 aromatic heterocycles. The lowest BCUT2D eigenvalue weighted by atomic mass is 9.87. The molecule has 1 unspecified atom stereocenters. The lowest BCUT2D eigenvalue weighted by Gasteiger charge is -2.26. The van der Waals surface area contributed by atoms with Gasteiger partial charge in [-0.15, -0.1) is 11.8 Å². The highest BCUT2D eigenvalue weighted by molar-refractivity contribution is 8.00. The molecule has 0 radical (unpaired) electrons. The molecular weight excluding hydrogens is 496 g/mol. The minimum absolute atomic E-state index is 0.0123. The molecule has 2 aliphatic rings. The number of methoxy groups -OCH3 is 1. The van der Waals surface area contributed by atoms with Crippen LogP contribution in [0.15, 0.2) is 48.5 Å². The number of anilines is 1. The number of thioether (sulfide) groups is 1. The van der Waals surface area contributed by atoms with Gasteiger partial charge in [0.05, 0.1) is 29.5 Å². The third kappa shape index (κ3) is 5.06. The molecule has 8 heteroatoms. The number of amides is 2. The third-order valence-corrected chi connectivity index (χ3v) is 8.47. The minimum atomic E-state index is -0.289. The second-order valence-corrected chi connectivity index (χ2v) is 12.2. The van der Waals surface area contributed by atoms with E-state index in [1.165, 1.54) is 5.56 Å². The fourth-order valence-electron chi connectivity index (χ4n) is 5.27. The Bertz CT molecular complexity index is 1340. The number of rotatable bonds is 5. The number of likely N-dealkylation sites (tertiary alicyclic amines) is 1. The Kier molecular flexibility index (Phi) is 7.27. The smallest absolute Gasteiger partial charge is 0.242 e. The van der Waals surface area contributed by atoms with Crippen molar-refractivity contribution >= 4 is 29.4 Å². The molecule has 5 rings (SSSR count).